The third-order valence-electron chi connectivity index (χ3n) is 1.27. The molecule has 0 saturated carbocycles. The van der Waals surface area contributed by atoms with Crippen LogP contribution in [0.2, 0.25) is 0 Å². The molecule has 9 heavy (non-hydrogen) atoms. The molecule has 0 N–H and O–H groups in total. The second-order valence-corrected chi connectivity index (χ2v) is 3.08. The minimum Gasteiger partial charge on any atom is -0.0988 e. The van der Waals surface area contributed by atoms with Gasteiger partial charge in [-0.05, 0) is 17.9 Å². The molecule has 0 aromatic rings. The molecule has 0 heteroatoms. The maximum atomic E-state index is 5.34. The highest BCUT2D eigenvalue weighted by Gasteiger charge is 2.11. The van der Waals surface area contributed by atoms with Crippen LogP contribution in [0.3, 0.4) is 0 Å². The first-order valence-electron chi connectivity index (χ1n) is 3.07. The molecule has 0 rings (SSSR count). The van der Waals surface area contributed by atoms with E-state index in [1.807, 2.05) is 0 Å². The molecule has 0 aromatic carbocycles. The molecule has 0 aliphatic rings. The molecule has 0 fully saturated rings. The maximum absolute atomic E-state index is 5.34. The highest BCUT2D eigenvalue weighted by Crippen LogP contribution is 2.24. The number of hydrogen-bond donors (Lipinski definition) is 0. The Hall–Kier alpha value is -0.520. The van der Waals surface area contributed by atoms with E-state index in [9.17, 15) is 0 Å². The first kappa shape index (κ1) is 8.48. The molecular weight excluding hydrogens is 108 g/mol. The summed E-state index contributed by atoms with van der Waals surface area (Å²) in [6.07, 6.45) is 3.40. The van der Waals surface area contributed by atoms with Crippen LogP contribution in [0.15, 0.2) is 24.3 Å². The molecule has 0 saturated heterocycles. The van der Waals surface area contributed by atoms with E-state index in [0.29, 0.717) is 0 Å². The van der Waals surface area contributed by atoms with Gasteiger partial charge in [-0.25, -0.2) is 0 Å². The summed E-state index contributed by atoms with van der Waals surface area (Å²) in [5.74, 6) is 0. The number of allylic oxidation sites excluding steroid dienone is 3. The lowest BCUT2D eigenvalue weighted by molar-refractivity contribution is 0.517. The normalized spacial score (nSPS) is 13.6. The van der Waals surface area contributed by atoms with Crippen LogP contribution in [0.5, 0.6) is 0 Å². The lowest BCUT2D eigenvalue weighted by Crippen LogP contribution is -2.06. The van der Waals surface area contributed by atoms with E-state index >= 15 is 0 Å². The van der Waals surface area contributed by atoms with Crippen LogP contribution >= 0.6 is 0 Å². The molecule has 0 unspecified atom stereocenters. The van der Waals surface area contributed by atoms with Crippen molar-refractivity contribution < 1.29 is 0 Å². The molecular formula is C9H14. The van der Waals surface area contributed by atoms with Gasteiger partial charge >= 0.3 is 0 Å². The predicted molar refractivity (Wildman–Crippen MR) is 42.0 cm³/mol. The van der Waals surface area contributed by atoms with E-state index in [2.05, 4.69) is 27.4 Å². The highest BCUT2D eigenvalue weighted by molar-refractivity contribution is 5.23. The van der Waals surface area contributed by atoms with E-state index in [4.69, 9.17) is 6.92 Å². The van der Waals surface area contributed by atoms with Crippen LogP contribution < -0.4 is 0 Å². The SMILES string of the molecule is [CH]/C=C(/C=C)C(C)(C)C. The molecule has 2 radical (unpaired) electrons. The Bertz CT molecular complexity index is 121. The summed E-state index contributed by atoms with van der Waals surface area (Å²) in [6.45, 7) is 15.3. The van der Waals surface area contributed by atoms with Crippen LogP contribution in [-0.4, -0.2) is 0 Å². The number of hydrogen-bond acceptors (Lipinski definition) is 0. The number of rotatable bonds is 1. The molecule has 0 heterocycles. The van der Waals surface area contributed by atoms with Gasteiger partial charge in [0.25, 0.3) is 0 Å². The quantitative estimate of drug-likeness (QED) is 0.469. The van der Waals surface area contributed by atoms with Crippen LogP contribution in [0, 0.1) is 12.3 Å². The zero-order chi connectivity index (χ0) is 7.49. The molecule has 0 aliphatic carbocycles. The zero-order valence-corrected chi connectivity index (χ0v) is 6.44. The standard InChI is InChI=1S/C9H14/c1-6-8(7-2)9(3,4)5/h1,6-7H,2H2,3-5H3/b8-6-. The molecule has 0 atom stereocenters. The summed E-state index contributed by atoms with van der Waals surface area (Å²) < 4.78 is 0. The molecule has 50 valence electrons. The lowest BCUT2D eigenvalue weighted by Gasteiger charge is -2.19. The largest absolute Gasteiger partial charge is 0.0988 e. The van der Waals surface area contributed by atoms with Gasteiger partial charge in [0.2, 0.25) is 0 Å². The Morgan fingerprint density at radius 2 is 1.89 bits per heavy atom. The summed E-state index contributed by atoms with van der Waals surface area (Å²) >= 11 is 0. The summed E-state index contributed by atoms with van der Waals surface area (Å²) in [5.41, 5.74) is 1.22. The fourth-order valence-electron chi connectivity index (χ4n) is 0.624. The summed E-state index contributed by atoms with van der Waals surface area (Å²) in [4.78, 5) is 0. The Labute approximate surface area is 58.3 Å². The minimum atomic E-state index is 0.135. The Morgan fingerprint density at radius 3 is 1.89 bits per heavy atom. The molecule has 0 bridgehead atoms. The van der Waals surface area contributed by atoms with Gasteiger partial charge in [0, 0.05) is 0 Å². The molecule has 0 amide bonds. The monoisotopic (exact) mass is 122 g/mol. The summed E-state index contributed by atoms with van der Waals surface area (Å²) in [7, 11) is 0. The molecule has 0 aromatic heterocycles. The van der Waals surface area contributed by atoms with Crippen LogP contribution in [-0.2, 0) is 0 Å². The van der Waals surface area contributed by atoms with Gasteiger partial charge < -0.3 is 0 Å². The summed E-state index contributed by atoms with van der Waals surface area (Å²) in [6, 6.07) is 0. The lowest BCUT2D eigenvalue weighted by atomic mass is 9.86. The first-order valence-corrected chi connectivity index (χ1v) is 3.07. The zero-order valence-electron chi connectivity index (χ0n) is 6.44. The van der Waals surface area contributed by atoms with Gasteiger partial charge in [-0.2, -0.15) is 0 Å². The third kappa shape index (κ3) is 2.50. The maximum Gasteiger partial charge on any atom is -0.00894 e. The minimum absolute atomic E-state index is 0.135. The van der Waals surface area contributed by atoms with E-state index < -0.39 is 0 Å². The first-order chi connectivity index (χ1) is 4.02. The van der Waals surface area contributed by atoms with Gasteiger partial charge in [0.05, 0.1) is 0 Å². The Kier molecular flexibility index (Phi) is 2.69. The fourth-order valence-corrected chi connectivity index (χ4v) is 0.624. The molecule has 0 aliphatic heterocycles. The van der Waals surface area contributed by atoms with E-state index in [1.165, 1.54) is 0 Å². The van der Waals surface area contributed by atoms with Crippen molar-refractivity contribution in [1.29, 1.82) is 0 Å². The molecule has 0 nitrogen and oxygen atoms in total. The van der Waals surface area contributed by atoms with Crippen molar-refractivity contribution in [3.8, 4) is 0 Å². The third-order valence-corrected chi connectivity index (χ3v) is 1.27. The van der Waals surface area contributed by atoms with Crippen molar-refractivity contribution >= 4 is 0 Å². The van der Waals surface area contributed by atoms with Crippen LogP contribution in [0.1, 0.15) is 20.8 Å². The smallest absolute Gasteiger partial charge is 0.00894 e. The highest BCUT2D eigenvalue weighted by atomic mass is 14.2. The van der Waals surface area contributed by atoms with Crippen LogP contribution in [0.4, 0.5) is 0 Å². The average molecular weight is 122 g/mol. The van der Waals surface area contributed by atoms with E-state index in [1.54, 1.807) is 12.2 Å². The second kappa shape index (κ2) is 2.86. The van der Waals surface area contributed by atoms with Gasteiger partial charge in [-0.3, -0.25) is 0 Å². The summed E-state index contributed by atoms with van der Waals surface area (Å²) in [5, 5.41) is 0. The topological polar surface area (TPSA) is 0 Å². The van der Waals surface area contributed by atoms with Crippen molar-refractivity contribution in [2.75, 3.05) is 0 Å². The van der Waals surface area contributed by atoms with Crippen molar-refractivity contribution in [1.82, 2.24) is 0 Å². The van der Waals surface area contributed by atoms with Gasteiger partial charge in [0.15, 0.2) is 0 Å². The van der Waals surface area contributed by atoms with E-state index in [0.717, 1.165) is 5.57 Å². The van der Waals surface area contributed by atoms with Crippen molar-refractivity contribution in [3.63, 3.8) is 0 Å². The predicted octanol–water partition coefficient (Wildman–Crippen LogP) is 2.86. The second-order valence-electron chi connectivity index (χ2n) is 3.08. The molecule has 0 spiro atoms. The van der Waals surface area contributed by atoms with Crippen molar-refractivity contribution in [2.45, 2.75) is 20.8 Å². The van der Waals surface area contributed by atoms with Crippen molar-refractivity contribution in [3.05, 3.63) is 31.2 Å². The van der Waals surface area contributed by atoms with Gasteiger partial charge in [0.1, 0.15) is 0 Å². The average Bonchev–Trinajstić information content (AvgIpc) is 1.65. The van der Waals surface area contributed by atoms with Crippen LogP contribution in [0.25, 0.3) is 0 Å². The van der Waals surface area contributed by atoms with Gasteiger partial charge in [-0.1, -0.05) is 39.5 Å². The van der Waals surface area contributed by atoms with Gasteiger partial charge in [-0.15, -0.1) is 0 Å². The Morgan fingerprint density at radius 1 is 1.44 bits per heavy atom. The Balaban J connectivity index is 4.32. The fraction of sp³-hybridized carbons (Fsp3) is 0.444. The van der Waals surface area contributed by atoms with Crippen molar-refractivity contribution in [2.24, 2.45) is 5.41 Å². The van der Waals surface area contributed by atoms with E-state index in [-0.39, 0.29) is 5.41 Å².